The quantitative estimate of drug-likeness (QED) is 0.535. The fourth-order valence-corrected chi connectivity index (χ4v) is 5.64. The molecule has 4 amide bonds. The molecule has 0 atom stereocenters. The summed E-state index contributed by atoms with van der Waals surface area (Å²) >= 11 is 0. The normalized spacial score (nSPS) is 17.1. The van der Waals surface area contributed by atoms with E-state index in [0.717, 1.165) is 54.4 Å². The van der Waals surface area contributed by atoms with Gasteiger partial charge in [-0.05, 0) is 67.0 Å². The molecule has 0 unspecified atom stereocenters. The predicted molar refractivity (Wildman–Crippen MR) is 137 cm³/mol. The van der Waals surface area contributed by atoms with E-state index in [4.69, 9.17) is 4.42 Å². The number of hydrogen-bond donors (Lipinski definition) is 2. The third kappa shape index (κ3) is 4.45. The first-order chi connectivity index (χ1) is 18.0. The lowest BCUT2D eigenvalue weighted by molar-refractivity contribution is -0.136. The smallest absolute Gasteiger partial charge is 0.313 e. The molecule has 0 bridgehead atoms. The first-order valence-corrected chi connectivity index (χ1v) is 12.8. The predicted octanol–water partition coefficient (Wildman–Crippen LogP) is 2.88. The maximum Gasteiger partial charge on any atom is 0.313 e. The largest absolute Gasteiger partial charge is 0.451 e. The Morgan fingerprint density at radius 2 is 1.76 bits per heavy atom. The minimum absolute atomic E-state index is 0.0857. The molecule has 0 radical (unpaired) electrons. The Hall–Kier alpha value is -4.14. The van der Waals surface area contributed by atoms with Gasteiger partial charge in [0, 0.05) is 37.3 Å². The Bertz CT molecular complexity index is 1390. The summed E-state index contributed by atoms with van der Waals surface area (Å²) in [5.41, 5.74) is 4.15. The molecule has 6 rings (SSSR count). The van der Waals surface area contributed by atoms with Gasteiger partial charge in [-0.3, -0.25) is 19.2 Å². The number of furan rings is 1. The van der Waals surface area contributed by atoms with E-state index in [0.29, 0.717) is 43.1 Å². The van der Waals surface area contributed by atoms with Crippen LogP contribution in [0.1, 0.15) is 40.9 Å². The van der Waals surface area contributed by atoms with Crippen LogP contribution in [0.3, 0.4) is 0 Å². The number of para-hydroxylation sites is 1. The van der Waals surface area contributed by atoms with Crippen molar-refractivity contribution in [3.05, 3.63) is 59.4 Å². The van der Waals surface area contributed by atoms with Crippen molar-refractivity contribution in [2.75, 3.05) is 36.4 Å². The second-order valence-electron chi connectivity index (χ2n) is 10.0. The van der Waals surface area contributed by atoms with Crippen LogP contribution in [0.4, 0.5) is 11.4 Å². The molecule has 190 valence electrons. The number of anilines is 2. The summed E-state index contributed by atoms with van der Waals surface area (Å²) in [5.74, 6) is -0.937. The number of fused-ring (bicyclic) bond motifs is 1. The van der Waals surface area contributed by atoms with E-state index >= 15 is 0 Å². The van der Waals surface area contributed by atoms with Gasteiger partial charge >= 0.3 is 11.8 Å². The first kappa shape index (κ1) is 23.3. The van der Waals surface area contributed by atoms with Gasteiger partial charge in [0.15, 0.2) is 5.76 Å². The summed E-state index contributed by atoms with van der Waals surface area (Å²) in [7, 11) is 0. The van der Waals surface area contributed by atoms with E-state index < -0.39 is 11.8 Å². The second kappa shape index (κ2) is 9.38. The highest BCUT2D eigenvalue weighted by molar-refractivity contribution is 6.39. The molecule has 37 heavy (non-hydrogen) atoms. The van der Waals surface area contributed by atoms with Gasteiger partial charge in [-0.25, -0.2) is 0 Å². The van der Waals surface area contributed by atoms with Crippen LogP contribution in [-0.2, 0) is 27.2 Å². The van der Waals surface area contributed by atoms with E-state index in [1.54, 1.807) is 17.0 Å². The Morgan fingerprint density at radius 3 is 2.57 bits per heavy atom. The number of aryl methyl sites for hydroxylation is 1. The molecule has 1 aromatic heterocycles. The zero-order valence-corrected chi connectivity index (χ0v) is 20.4. The molecule has 9 heteroatoms. The maximum absolute atomic E-state index is 12.8. The number of carbonyl (C=O) groups is 4. The van der Waals surface area contributed by atoms with Crippen LogP contribution < -0.4 is 15.5 Å². The molecular formula is C28H28N4O5. The van der Waals surface area contributed by atoms with Crippen molar-refractivity contribution in [1.82, 2.24) is 10.2 Å². The summed E-state index contributed by atoms with van der Waals surface area (Å²) in [4.78, 5) is 53.7. The lowest BCUT2D eigenvalue weighted by Gasteiger charge is -2.31. The number of amides is 4. The SMILES string of the molecule is O=C(NCC1CCN(C(=O)c2cc3ccccc3o2)CC1)C(=O)Nc1cc2c3c(c1)CC(=O)N3CCC2. The highest BCUT2D eigenvalue weighted by atomic mass is 16.3. The summed E-state index contributed by atoms with van der Waals surface area (Å²) in [6.45, 7) is 2.24. The summed E-state index contributed by atoms with van der Waals surface area (Å²) in [6.07, 6.45) is 3.52. The second-order valence-corrected chi connectivity index (χ2v) is 10.0. The lowest BCUT2D eigenvalue weighted by atomic mass is 9.96. The Kier molecular flexibility index (Phi) is 5.90. The van der Waals surface area contributed by atoms with Crippen molar-refractivity contribution in [1.29, 1.82) is 0 Å². The average molecular weight is 501 g/mol. The van der Waals surface area contributed by atoms with E-state index in [9.17, 15) is 19.2 Å². The van der Waals surface area contributed by atoms with Gasteiger partial charge in [-0.2, -0.15) is 0 Å². The molecule has 1 saturated heterocycles. The molecule has 3 aliphatic heterocycles. The molecule has 2 aromatic carbocycles. The standard InChI is InChI=1S/C28H28N4O5/c33-24-15-20-13-21(12-19-5-3-9-32(24)25(19)20)30-27(35)26(34)29-16-17-7-10-31(11-8-17)28(36)23-14-18-4-1-2-6-22(18)37-23/h1-2,4,6,12-14,17H,3,5,7-11,15-16H2,(H,29,34)(H,30,35). The van der Waals surface area contributed by atoms with Crippen LogP contribution in [0.2, 0.25) is 0 Å². The molecule has 2 N–H and O–H groups in total. The zero-order valence-electron chi connectivity index (χ0n) is 20.4. The van der Waals surface area contributed by atoms with Crippen LogP contribution in [0.15, 0.2) is 46.9 Å². The number of nitrogens with zero attached hydrogens (tertiary/aromatic N) is 2. The van der Waals surface area contributed by atoms with E-state index in [1.165, 1.54) is 0 Å². The van der Waals surface area contributed by atoms with Gasteiger partial charge in [-0.1, -0.05) is 18.2 Å². The fourth-order valence-electron chi connectivity index (χ4n) is 5.64. The number of hydrogen-bond acceptors (Lipinski definition) is 5. The van der Waals surface area contributed by atoms with Crippen LogP contribution in [0, 0.1) is 5.92 Å². The van der Waals surface area contributed by atoms with Gasteiger partial charge in [-0.15, -0.1) is 0 Å². The van der Waals surface area contributed by atoms with Gasteiger partial charge in [0.05, 0.1) is 12.1 Å². The van der Waals surface area contributed by atoms with E-state index in [1.807, 2.05) is 35.2 Å². The van der Waals surface area contributed by atoms with Crippen molar-refractivity contribution in [3.63, 3.8) is 0 Å². The average Bonchev–Trinajstić information content (AvgIpc) is 3.49. The monoisotopic (exact) mass is 500 g/mol. The van der Waals surface area contributed by atoms with Gasteiger partial charge in [0.1, 0.15) is 5.58 Å². The number of nitrogens with one attached hydrogen (secondary N) is 2. The molecule has 3 aliphatic rings. The number of piperidine rings is 1. The molecule has 1 fully saturated rings. The number of rotatable bonds is 4. The Balaban J connectivity index is 0.996. The fraction of sp³-hybridized carbons (Fsp3) is 0.357. The van der Waals surface area contributed by atoms with Gasteiger partial charge < -0.3 is 24.9 Å². The summed E-state index contributed by atoms with van der Waals surface area (Å²) in [6, 6.07) is 13.0. The molecule has 4 heterocycles. The van der Waals surface area contributed by atoms with Crippen LogP contribution in [-0.4, -0.2) is 54.7 Å². The molecular weight excluding hydrogens is 472 g/mol. The number of benzene rings is 2. The minimum Gasteiger partial charge on any atom is -0.451 e. The van der Waals surface area contributed by atoms with Crippen LogP contribution in [0.5, 0.6) is 0 Å². The Morgan fingerprint density at radius 1 is 0.973 bits per heavy atom. The third-order valence-electron chi connectivity index (χ3n) is 7.56. The van der Waals surface area contributed by atoms with Crippen molar-refractivity contribution in [2.45, 2.75) is 32.1 Å². The topological polar surface area (TPSA) is 112 Å². The molecule has 0 aliphatic carbocycles. The van der Waals surface area contributed by atoms with Crippen LogP contribution >= 0.6 is 0 Å². The third-order valence-corrected chi connectivity index (χ3v) is 7.56. The lowest BCUT2D eigenvalue weighted by Crippen LogP contribution is -2.43. The maximum atomic E-state index is 12.8. The number of likely N-dealkylation sites (tertiary alicyclic amines) is 1. The highest BCUT2D eigenvalue weighted by Gasteiger charge is 2.33. The van der Waals surface area contributed by atoms with E-state index in [-0.39, 0.29) is 17.7 Å². The van der Waals surface area contributed by atoms with Gasteiger partial charge in [0.2, 0.25) is 5.91 Å². The molecule has 3 aromatic rings. The number of carbonyl (C=O) groups excluding carboxylic acids is 4. The van der Waals surface area contributed by atoms with Crippen molar-refractivity contribution >= 4 is 46.0 Å². The zero-order chi connectivity index (χ0) is 25.5. The summed E-state index contributed by atoms with van der Waals surface area (Å²) in [5, 5.41) is 6.33. The molecule has 0 saturated carbocycles. The Labute approximate surface area is 213 Å². The van der Waals surface area contributed by atoms with Crippen LogP contribution in [0.25, 0.3) is 11.0 Å². The van der Waals surface area contributed by atoms with Crippen molar-refractivity contribution in [2.24, 2.45) is 5.92 Å². The molecule has 0 spiro atoms. The summed E-state index contributed by atoms with van der Waals surface area (Å²) < 4.78 is 5.71. The van der Waals surface area contributed by atoms with Crippen molar-refractivity contribution in [3.8, 4) is 0 Å². The highest BCUT2D eigenvalue weighted by Crippen LogP contribution is 2.38. The minimum atomic E-state index is -0.721. The first-order valence-electron chi connectivity index (χ1n) is 12.8. The van der Waals surface area contributed by atoms with Crippen molar-refractivity contribution < 1.29 is 23.6 Å². The van der Waals surface area contributed by atoms with E-state index in [2.05, 4.69) is 10.6 Å². The molecule has 9 nitrogen and oxygen atoms in total. The van der Waals surface area contributed by atoms with Gasteiger partial charge in [0.25, 0.3) is 5.91 Å².